The van der Waals surface area contributed by atoms with E-state index in [2.05, 4.69) is 10.3 Å². The second kappa shape index (κ2) is 7.26. The zero-order valence-corrected chi connectivity index (χ0v) is 12.4. The first-order valence-corrected chi connectivity index (χ1v) is 7.24. The van der Waals surface area contributed by atoms with Crippen molar-refractivity contribution in [2.45, 2.75) is 13.2 Å². The molecule has 116 valence electrons. The van der Waals surface area contributed by atoms with E-state index in [1.54, 1.807) is 18.5 Å². The molecule has 3 rings (SSSR count). The van der Waals surface area contributed by atoms with Gasteiger partial charge in [0.15, 0.2) is 5.76 Å². The molecular formula is C18H16N2O3. The Morgan fingerprint density at radius 3 is 2.78 bits per heavy atom. The van der Waals surface area contributed by atoms with Gasteiger partial charge in [-0.15, -0.1) is 0 Å². The number of para-hydroxylation sites is 1. The Morgan fingerprint density at radius 1 is 1.13 bits per heavy atom. The second-order valence-corrected chi connectivity index (χ2v) is 4.92. The van der Waals surface area contributed by atoms with Crippen LogP contribution in [0.2, 0.25) is 0 Å². The van der Waals surface area contributed by atoms with Crippen LogP contribution in [0.4, 0.5) is 0 Å². The van der Waals surface area contributed by atoms with Crippen molar-refractivity contribution in [1.82, 2.24) is 10.3 Å². The van der Waals surface area contributed by atoms with Gasteiger partial charge in [0.2, 0.25) is 0 Å². The summed E-state index contributed by atoms with van der Waals surface area (Å²) in [7, 11) is 0. The number of carbonyl (C=O) groups excluding carboxylic acids is 1. The van der Waals surface area contributed by atoms with Crippen LogP contribution in [0.15, 0.2) is 71.6 Å². The van der Waals surface area contributed by atoms with Crippen molar-refractivity contribution < 1.29 is 13.9 Å². The molecule has 1 amide bonds. The molecule has 0 aliphatic heterocycles. The Morgan fingerprint density at radius 2 is 2.00 bits per heavy atom. The SMILES string of the molecule is O=C(NCc1cccnc1)c1occc1COc1ccccc1. The number of benzene rings is 1. The predicted octanol–water partition coefficient (Wildman–Crippen LogP) is 3.18. The summed E-state index contributed by atoms with van der Waals surface area (Å²) >= 11 is 0. The van der Waals surface area contributed by atoms with Gasteiger partial charge in [-0.3, -0.25) is 9.78 Å². The molecule has 0 saturated carbocycles. The van der Waals surface area contributed by atoms with Gasteiger partial charge in [0.25, 0.3) is 5.91 Å². The molecule has 0 radical (unpaired) electrons. The Labute approximate surface area is 133 Å². The summed E-state index contributed by atoms with van der Waals surface area (Å²) < 4.78 is 10.9. The number of hydrogen-bond donors (Lipinski definition) is 1. The maximum Gasteiger partial charge on any atom is 0.287 e. The molecule has 0 aliphatic carbocycles. The van der Waals surface area contributed by atoms with Crippen LogP contribution in [0, 0.1) is 0 Å². The number of nitrogens with one attached hydrogen (secondary N) is 1. The van der Waals surface area contributed by atoms with E-state index in [1.807, 2.05) is 42.5 Å². The molecule has 1 N–H and O–H groups in total. The van der Waals surface area contributed by atoms with Crippen LogP contribution >= 0.6 is 0 Å². The summed E-state index contributed by atoms with van der Waals surface area (Å²) in [4.78, 5) is 16.2. The van der Waals surface area contributed by atoms with E-state index >= 15 is 0 Å². The number of aromatic nitrogens is 1. The Bertz CT molecular complexity index is 754. The van der Waals surface area contributed by atoms with Crippen LogP contribution in [0.3, 0.4) is 0 Å². The van der Waals surface area contributed by atoms with Crippen molar-refractivity contribution in [3.8, 4) is 5.75 Å². The van der Waals surface area contributed by atoms with Crippen molar-refractivity contribution in [3.63, 3.8) is 0 Å². The Balaban J connectivity index is 1.60. The third-order valence-corrected chi connectivity index (χ3v) is 3.27. The molecule has 0 aliphatic rings. The molecular weight excluding hydrogens is 292 g/mol. The molecule has 0 bridgehead atoms. The predicted molar refractivity (Wildman–Crippen MR) is 84.9 cm³/mol. The number of rotatable bonds is 6. The van der Waals surface area contributed by atoms with E-state index in [-0.39, 0.29) is 18.3 Å². The van der Waals surface area contributed by atoms with Gasteiger partial charge in [-0.2, -0.15) is 0 Å². The highest BCUT2D eigenvalue weighted by molar-refractivity contribution is 5.92. The van der Waals surface area contributed by atoms with Crippen LogP contribution in [0.25, 0.3) is 0 Å². The topological polar surface area (TPSA) is 64.4 Å². The summed E-state index contributed by atoms with van der Waals surface area (Å²) in [5.41, 5.74) is 1.63. The molecule has 3 aromatic rings. The fourth-order valence-corrected chi connectivity index (χ4v) is 2.09. The van der Waals surface area contributed by atoms with Gasteiger partial charge in [-0.25, -0.2) is 0 Å². The summed E-state index contributed by atoms with van der Waals surface area (Å²) in [5.74, 6) is 0.741. The molecule has 23 heavy (non-hydrogen) atoms. The van der Waals surface area contributed by atoms with E-state index in [0.29, 0.717) is 12.1 Å². The van der Waals surface area contributed by atoms with Crippen molar-refractivity contribution in [1.29, 1.82) is 0 Å². The van der Waals surface area contributed by atoms with Crippen molar-refractivity contribution in [2.75, 3.05) is 0 Å². The number of furan rings is 1. The first-order chi connectivity index (χ1) is 11.3. The number of carbonyl (C=O) groups is 1. The van der Waals surface area contributed by atoms with Crippen molar-refractivity contribution in [2.24, 2.45) is 0 Å². The lowest BCUT2D eigenvalue weighted by Crippen LogP contribution is -2.23. The van der Waals surface area contributed by atoms with Gasteiger partial charge < -0.3 is 14.5 Å². The molecule has 0 unspecified atom stereocenters. The molecule has 1 aromatic carbocycles. The molecule has 2 heterocycles. The average Bonchev–Trinajstić information content (AvgIpc) is 3.08. The molecule has 0 fully saturated rings. The third-order valence-electron chi connectivity index (χ3n) is 3.27. The van der Waals surface area contributed by atoms with Crippen LogP contribution in [0.1, 0.15) is 21.7 Å². The smallest absolute Gasteiger partial charge is 0.287 e. The van der Waals surface area contributed by atoms with Crippen LogP contribution in [-0.4, -0.2) is 10.9 Å². The fourth-order valence-electron chi connectivity index (χ4n) is 2.09. The third kappa shape index (κ3) is 3.97. The summed E-state index contributed by atoms with van der Waals surface area (Å²) in [6, 6.07) is 14.9. The van der Waals surface area contributed by atoms with Crippen LogP contribution in [0.5, 0.6) is 5.75 Å². The number of hydrogen-bond acceptors (Lipinski definition) is 4. The lowest BCUT2D eigenvalue weighted by molar-refractivity contribution is 0.0919. The molecule has 2 aromatic heterocycles. The van der Waals surface area contributed by atoms with Crippen LogP contribution in [-0.2, 0) is 13.2 Å². The van der Waals surface area contributed by atoms with Gasteiger partial charge >= 0.3 is 0 Å². The monoisotopic (exact) mass is 308 g/mol. The minimum absolute atomic E-state index is 0.268. The van der Waals surface area contributed by atoms with Gasteiger partial charge in [-0.1, -0.05) is 24.3 Å². The quantitative estimate of drug-likeness (QED) is 0.759. The number of ether oxygens (including phenoxy) is 1. The van der Waals surface area contributed by atoms with Gasteiger partial charge in [0.1, 0.15) is 12.4 Å². The lowest BCUT2D eigenvalue weighted by Gasteiger charge is -2.07. The first kappa shape index (κ1) is 14.8. The van der Waals surface area contributed by atoms with Crippen LogP contribution < -0.4 is 10.1 Å². The number of amides is 1. The standard InChI is InChI=1S/C18H16N2O3/c21-18(20-12-14-5-4-9-19-11-14)17-15(8-10-22-17)13-23-16-6-2-1-3-7-16/h1-11H,12-13H2,(H,20,21). The van der Waals surface area contributed by atoms with Gasteiger partial charge in [0.05, 0.1) is 6.26 Å². The van der Waals surface area contributed by atoms with Gasteiger partial charge in [0, 0.05) is 24.5 Å². The summed E-state index contributed by atoms with van der Waals surface area (Å²) in [6.45, 7) is 0.669. The van der Waals surface area contributed by atoms with E-state index in [1.165, 1.54) is 6.26 Å². The molecule has 5 heteroatoms. The van der Waals surface area contributed by atoms with E-state index < -0.39 is 0 Å². The largest absolute Gasteiger partial charge is 0.489 e. The minimum atomic E-state index is -0.273. The maximum atomic E-state index is 12.2. The van der Waals surface area contributed by atoms with Crippen molar-refractivity contribution >= 4 is 5.91 Å². The van der Waals surface area contributed by atoms with E-state index in [4.69, 9.17) is 9.15 Å². The highest BCUT2D eigenvalue weighted by atomic mass is 16.5. The summed E-state index contributed by atoms with van der Waals surface area (Å²) in [5, 5.41) is 2.81. The zero-order valence-electron chi connectivity index (χ0n) is 12.4. The minimum Gasteiger partial charge on any atom is -0.489 e. The average molecular weight is 308 g/mol. The molecule has 0 atom stereocenters. The molecule has 5 nitrogen and oxygen atoms in total. The zero-order chi connectivity index (χ0) is 15.9. The first-order valence-electron chi connectivity index (χ1n) is 7.24. The fraction of sp³-hybridized carbons (Fsp3) is 0.111. The van der Waals surface area contributed by atoms with Crippen molar-refractivity contribution in [3.05, 3.63) is 84.1 Å². The Hall–Kier alpha value is -3.08. The van der Waals surface area contributed by atoms with E-state index in [9.17, 15) is 4.79 Å². The molecule has 0 saturated heterocycles. The van der Waals surface area contributed by atoms with Gasteiger partial charge in [-0.05, 0) is 29.8 Å². The Kier molecular flexibility index (Phi) is 4.69. The number of pyridine rings is 1. The normalized spacial score (nSPS) is 10.3. The maximum absolute atomic E-state index is 12.2. The highest BCUT2D eigenvalue weighted by Gasteiger charge is 2.15. The lowest BCUT2D eigenvalue weighted by atomic mass is 10.2. The van der Waals surface area contributed by atoms with E-state index in [0.717, 1.165) is 11.3 Å². The molecule has 0 spiro atoms. The second-order valence-electron chi connectivity index (χ2n) is 4.92. The number of nitrogens with zero attached hydrogens (tertiary/aromatic N) is 1. The summed E-state index contributed by atoms with van der Waals surface area (Å²) in [6.07, 6.45) is 4.89. The highest BCUT2D eigenvalue weighted by Crippen LogP contribution is 2.15.